The van der Waals surface area contributed by atoms with Crippen molar-refractivity contribution in [2.75, 3.05) is 11.9 Å². The van der Waals surface area contributed by atoms with Crippen molar-refractivity contribution in [2.24, 2.45) is 5.73 Å². The van der Waals surface area contributed by atoms with E-state index in [9.17, 15) is 4.79 Å². The van der Waals surface area contributed by atoms with Crippen molar-refractivity contribution < 1.29 is 9.53 Å². The highest BCUT2D eigenvalue weighted by atomic mass is 35.5. The van der Waals surface area contributed by atoms with Gasteiger partial charge in [0.05, 0.1) is 17.7 Å². The molecule has 0 aliphatic heterocycles. The second kappa shape index (κ2) is 7.37. The Kier molecular flexibility index (Phi) is 6.95. The zero-order valence-corrected chi connectivity index (χ0v) is 11.3. The molecule has 96 valence electrons. The van der Waals surface area contributed by atoms with Crippen LogP contribution < -0.4 is 15.8 Å². The zero-order valence-electron chi connectivity index (χ0n) is 9.70. The topological polar surface area (TPSA) is 64.3 Å². The van der Waals surface area contributed by atoms with E-state index in [0.717, 1.165) is 0 Å². The number of nitrogens with two attached hydrogens (primary N) is 1. The van der Waals surface area contributed by atoms with E-state index in [4.69, 9.17) is 22.1 Å². The SMILES string of the molecule is CCOc1ccc(NC(=O)C(C)N)cc1Cl.Cl. The van der Waals surface area contributed by atoms with Gasteiger partial charge in [-0.15, -0.1) is 12.4 Å². The molecule has 1 aromatic rings. The maximum atomic E-state index is 11.3. The van der Waals surface area contributed by atoms with Crippen molar-refractivity contribution in [3.05, 3.63) is 23.2 Å². The minimum Gasteiger partial charge on any atom is -0.492 e. The standard InChI is InChI=1S/C11H15ClN2O2.ClH/c1-3-16-10-5-4-8(6-9(10)12)14-11(15)7(2)13;/h4-7H,3,13H2,1-2H3,(H,14,15);1H. The Balaban J connectivity index is 0.00000256. The van der Waals surface area contributed by atoms with Crippen LogP contribution >= 0.6 is 24.0 Å². The highest BCUT2D eigenvalue weighted by Gasteiger charge is 2.09. The normalized spacial score (nSPS) is 11.3. The molecule has 6 heteroatoms. The van der Waals surface area contributed by atoms with E-state index in [1.54, 1.807) is 25.1 Å². The lowest BCUT2D eigenvalue weighted by Gasteiger charge is -2.10. The smallest absolute Gasteiger partial charge is 0.240 e. The predicted octanol–water partition coefficient (Wildman–Crippen LogP) is 2.45. The van der Waals surface area contributed by atoms with E-state index in [1.165, 1.54) is 0 Å². The van der Waals surface area contributed by atoms with Gasteiger partial charge in [-0.2, -0.15) is 0 Å². The first-order valence-electron chi connectivity index (χ1n) is 5.03. The Morgan fingerprint density at radius 3 is 2.71 bits per heavy atom. The highest BCUT2D eigenvalue weighted by Crippen LogP contribution is 2.27. The van der Waals surface area contributed by atoms with Crippen molar-refractivity contribution >= 4 is 35.6 Å². The summed E-state index contributed by atoms with van der Waals surface area (Å²) < 4.78 is 5.27. The number of carbonyl (C=O) groups excluding carboxylic acids is 1. The minimum absolute atomic E-state index is 0. The second-order valence-corrected chi connectivity index (χ2v) is 3.76. The molecule has 0 saturated carbocycles. The second-order valence-electron chi connectivity index (χ2n) is 3.36. The van der Waals surface area contributed by atoms with Crippen LogP contribution in [0.2, 0.25) is 5.02 Å². The van der Waals surface area contributed by atoms with Crippen LogP contribution in [0.5, 0.6) is 5.75 Å². The molecule has 0 saturated heterocycles. The molecule has 3 N–H and O–H groups in total. The molecule has 0 fully saturated rings. The molecule has 0 aliphatic carbocycles. The lowest BCUT2D eigenvalue weighted by atomic mass is 10.2. The lowest BCUT2D eigenvalue weighted by Crippen LogP contribution is -2.32. The third kappa shape index (κ3) is 4.81. The Morgan fingerprint density at radius 1 is 1.59 bits per heavy atom. The average Bonchev–Trinajstić information content (AvgIpc) is 2.22. The van der Waals surface area contributed by atoms with Gasteiger partial charge in [0, 0.05) is 5.69 Å². The monoisotopic (exact) mass is 278 g/mol. The molecule has 0 aliphatic rings. The maximum absolute atomic E-state index is 11.3. The third-order valence-corrected chi connectivity index (χ3v) is 2.21. The summed E-state index contributed by atoms with van der Waals surface area (Å²) in [5.74, 6) is 0.350. The summed E-state index contributed by atoms with van der Waals surface area (Å²) in [5.41, 5.74) is 6.04. The molecule has 4 nitrogen and oxygen atoms in total. The summed E-state index contributed by atoms with van der Waals surface area (Å²) in [6.45, 7) is 4.04. The van der Waals surface area contributed by atoms with Gasteiger partial charge >= 0.3 is 0 Å². The molecule has 1 aromatic carbocycles. The predicted molar refractivity (Wildman–Crippen MR) is 72.1 cm³/mol. The van der Waals surface area contributed by atoms with Crippen LogP contribution in [0, 0.1) is 0 Å². The fourth-order valence-electron chi connectivity index (χ4n) is 1.11. The molecular formula is C11H16Cl2N2O2. The Morgan fingerprint density at radius 2 is 2.24 bits per heavy atom. The summed E-state index contributed by atoms with van der Waals surface area (Å²) >= 11 is 5.96. The highest BCUT2D eigenvalue weighted by molar-refractivity contribution is 6.32. The van der Waals surface area contributed by atoms with Crippen molar-refractivity contribution in [3.63, 3.8) is 0 Å². The van der Waals surface area contributed by atoms with Crippen LogP contribution in [-0.4, -0.2) is 18.6 Å². The molecule has 0 spiro atoms. The molecule has 0 aromatic heterocycles. The largest absolute Gasteiger partial charge is 0.492 e. The van der Waals surface area contributed by atoms with Crippen molar-refractivity contribution in [3.8, 4) is 5.75 Å². The van der Waals surface area contributed by atoms with E-state index >= 15 is 0 Å². The van der Waals surface area contributed by atoms with Crippen LogP contribution in [-0.2, 0) is 4.79 Å². The molecule has 1 amide bonds. The van der Waals surface area contributed by atoms with Crippen molar-refractivity contribution in [1.82, 2.24) is 0 Å². The molecule has 1 rings (SSSR count). The van der Waals surface area contributed by atoms with Crippen LogP contribution in [0.15, 0.2) is 18.2 Å². The number of ether oxygens (including phenoxy) is 1. The summed E-state index contributed by atoms with van der Waals surface area (Å²) in [6, 6.07) is 4.51. The van der Waals surface area contributed by atoms with E-state index < -0.39 is 6.04 Å². The molecule has 0 heterocycles. The lowest BCUT2D eigenvalue weighted by molar-refractivity contribution is -0.117. The summed E-state index contributed by atoms with van der Waals surface area (Å²) in [6.07, 6.45) is 0. The van der Waals surface area contributed by atoms with Gasteiger partial charge in [0.15, 0.2) is 0 Å². The zero-order chi connectivity index (χ0) is 12.1. The Labute approximate surface area is 112 Å². The first-order chi connectivity index (χ1) is 7.54. The van der Waals surface area contributed by atoms with Gasteiger partial charge in [0.1, 0.15) is 5.75 Å². The maximum Gasteiger partial charge on any atom is 0.240 e. The molecule has 1 unspecified atom stereocenters. The molecule has 0 bridgehead atoms. The summed E-state index contributed by atoms with van der Waals surface area (Å²) in [7, 11) is 0. The molecule has 17 heavy (non-hydrogen) atoms. The summed E-state index contributed by atoms with van der Waals surface area (Å²) in [4.78, 5) is 11.3. The van der Waals surface area contributed by atoms with Crippen LogP contribution in [0.25, 0.3) is 0 Å². The average molecular weight is 279 g/mol. The third-order valence-electron chi connectivity index (χ3n) is 1.91. The first-order valence-corrected chi connectivity index (χ1v) is 5.41. The Bertz CT molecular complexity index is 384. The first kappa shape index (κ1) is 16.0. The number of anilines is 1. The van der Waals surface area contributed by atoms with Gasteiger partial charge in [-0.25, -0.2) is 0 Å². The number of nitrogens with one attached hydrogen (secondary N) is 1. The molecule has 0 radical (unpaired) electrons. The van der Waals surface area contributed by atoms with Gasteiger partial charge in [-0.1, -0.05) is 11.6 Å². The van der Waals surface area contributed by atoms with E-state index in [1.807, 2.05) is 6.92 Å². The van der Waals surface area contributed by atoms with Gasteiger partial charge < -0.3 is 15.8 Å². The van der Waals surface area contributed by atoms with Crippen molar-refractivity contribution in [1.29, 1.82) is 0 Å². The van der Waals surface area contributed by atoms with E-state index in [2.05, 4.69) is 5.32 Å². The number of rotatable bonds is 4. The van der Waals surface area contributed by atoms with Gasteiger partial charge in [0.2, 0.25) is 5.91 Å². The number of carbonyl (C=O) groups is 1. The number of hydrogen-bond donors (Lipinski definition) is 2. The van der Waals surface area contributed by atoms with Crippen molar-refractivity contribution in [2.45, 2.75) is 19.9 Å². The number of halogens is 2. The summed E-state index contributed by atoms with van der Waals surface area (Å²) in [5, 5.41) is 3.11. The van der Waals surface area contributed by atoms with Gasteiger partial charge in [-0.05, 0) is 32.0 Å². The number of hydrogen-bond acceptors (Lipinski definition) is 3. The molecule has 1 atom stereocenters. The fraction of sp³-hybridized carbons (Fsp3) is 0.364. The minimum atomic E-state index is -0.551. The van der Waals surface area contributed by atoms with E-state index in [-0.39, 0.29) is 18.3 Å². The quantitative estimate of drug-likeness (QED) is 0.889. The number of benzene rings is 1. The fourth-order valence-corrected chi connectivity index (χ4v) is 1.34. The van der Waals surface area contributed by atoms with Gasteiger partial charge in [0.25, 0.3) is 0 Å². The van der Waals surface area contributed by atoms with Gasteiger partial charge in [-0.3, -0.25) is 4.79 Å². The van der Waals surface area contributed by atoms with Crippen LogP contribution in [0.4, 0.5) is 5.69 Å². The molecular weight excluding hydrogens is 263 g/mol. The Hall–Kier alpha value is -0.970. The number of amides is 1. The van der Waals surface area contributed by atoms with Crippen LogP contribution in [0.3, 0.4) is 0 Å². The van der Waals surface area contributed by atoms with Crippen LogP contribution in [0.1, 0.15) is 13.8 Å². The van der Waals surface area contributed by atoms with E-state index in [0.29, 0.717) is 23.1 Å².